The minimum absolute atomic E-state index is 0.0663. The molecule has 0 aliphatic heterocycles. The first-order valence-electron chi connectivity index (χ1n) is 6.78. The summed E-state index contributed by atoms with van der Waals surface area (Å²) in [4.78, 5) is 0. The van der Waals surface area contributed by atoms with Crippen molar-refractivity contribution in [1.29, 1.82) is 5.26 Å². The molecule has 1 N–H and O–H groups in total. The molecular formula is C17H17BrN2O. The van der Waals surface area contributed by atoms with Crippen molar-refractivity contribution in [3.8, 4) is 11.8 Å². The smallest absolute Gasteiger partial charge is 0.174 e. The zero-order valence-electron chi connectivity index (χ0n) is 11.8. The molecule has 2 rings (SSSR count). The van der Waals surface area contributed by atoms with E-state index in [1.54, 1.807) is 0 Å². The monoisotopic (exact) mass is 344 g/mol. The van der Waals surface area contributed by atoms with Crippen molar-refractivity contribution >= 4 is 15.9 Å². The highest BCUT2D eigenvalue weighted by Crippen LogP contribution is 2.24. The maximum Gasteiger partial charge on any atom is 0.174 e. The summed E-state index contributed by atoms with van der Waals surface area (Å²) in [5.74, 6) is 0.755. The highest BCUT2D eigenvalue weighted by atomic mass is 79.9. The molecule has 4 heteroatoms. The Morgan fingerprint density at radius 3 is 2.67 bits per heavy atom. The first-order chi connectivity index (χ1) is 10.2. The lowest BCUT2D eigenvalue weighted by molar-refractivity contribution is 0.361. The molecule has 0 saturated heterocycles. The number of para-hydroxylation sites is 1. The third-order valence-electron chi connectivity index (χ3n) is 3.24. The van der Waals surface area contributed by atoms with Crippen molar-refractivity contribution in [2.45, 2.75) is 19.5 Å². The van der Waals surface area contributed by atoms with Gasteiger partial charge in [0, 0.05) is 22.6 Å². The van der Waals surface area contributed by atoms with Crippen molar-refractivity contribution < 1.29 is 4.74 Å². The summed E-state index contributed by atoms with van der Waals surface area (Å²) >= 11 is 3.57. The van der Waals surface area contributed by atoms with Crippen LogP contribution >= 0.6 is 15.9 Å². The minimum atomic E-state index is 0.0663. The van der Waals surface area contributed by atoms with Crippen LogP contribution in [0.15, 0.2) is 53.0 Å². The molecule has 0 bridgehead atoms. The largest absolute Gasteiger partial charge is 0.478 e. The number of benzene rings is 2. The predicted molar refractivity (Wildman–Crippen MR) is 86.9 cm³/mol. The van der Waals surface area contributed by atoms with Gasteiger partial charge in [-0.05, 0) is 24.6 Å². The Hall–Kier alpha value is -1.83. The van der Waals surface area contributed by atoms with Gasteiger partial charge in [-0.1, -0.05) is 52.3 Å². The van der Waals surface area contributed by atoms with Gasteiger partial charge in [0.15, 0.2) is 6.61 Å². The third-order valence-corrected chi connectivity index (χ3v) is 3.96. The highest BCUT2D eigenvalue weighted by Gasteiger charge is 2.09. The Bertz CT molecular complexity index is 637. The number of nitriles is 1. The van der Waals surface area contributed by atoms with Crippen molar-refractivity contribution in [2.24, 2.45) is 0 Å². The summed E-state index contributed by atoms with van der Waals surface area (Å²) in [5, 5.41) is 12.1. The molecule has 2 aromatic carbocycles. The van der Waals surface area contributed by atoms with E-state index in [0.29, 0.717) is 6.54 Å². The van der Waals surface area contributed by atoms with Gasteiger partial charge in [0.25, 0.3) is 0 Å². The predicted octanol–water partition coefficient (Wildman–Crippen LogP) is 4.20. The van der Waals surface area contributed by atoms with Crippen LogP contribution in [0.25, 0.3) is 0 Å². The molecule has 2 aromatic rings. The molecule has 0 unspecified atom stereocenters. The molecule has 108 valence electrons. The number of nitrogens with one attached hydrogen (secondary N) is 1. The summed E-state index contributed by atoms with van der Waals surface area (Å²) in [6.45, 7) is 2.87. The van der Waals surface area contributed by atoms with E-state index in [1.807, 2.05) is 48.5 Å². The first kappa shape index (κ1) is 15.6. The van der Waals surface area contributed by atoms with Crippen LogP contribution < -0.4 is 10.1 Å². The molecule has 0 radical (unpaired) electrons. The SMILES string of the molecule is C[C@H](NCc1ccccc1OCC#N)c1ccccc1Br. The molecule has 0 fully saturated rings. The van der Waals surface area contributed by atoms with Gasteiger partial charge in [-0.15, -0.1) is 0 Å². The highest BCUT2D eigenvalue weighted by molar-refractivity contribution is 9.10. The van der Waals surface area contributed by atoms with Crippen LogP contribution in [0.3, 0.4) is 0 Å². The van der Waals surface area contributed by atoms with Crippen molar-refractivity contribution in [2.75, 3.05) is 6.61 Å². The number of hydrogen-bond acceptors (Lipinski definition) is 3. The lowest BCUT2D eigenvalue weighted by Gasteiger charge is -2.17. The quantitative estimate of drug-likeness (QED) is 0.853. The lowest BCUT2D eigenvalue weighted by Crippen LogP contribution is -2.19. The van der Waals surface area contributed by atoms with Crippen LogP contribution in [0, 0.1) is 11.3 Å². The van der Waals surface area contributed by atoms with Gasteiger partial charge in [0.05, 0.1) is 0 Å². The maximum atomic E-state index is 8.62. The number of rotatable bonds is 6. The van der Waals surface area contributed by atoms with Crippen LogP contribution in [0.1, 0.15) is 24.1 Å². The third kappa shape index (κ3) is 4.32. The Morgan fingerprint density at radius 1 is 1.19 bits per heavy atom. The van der Waals surface area contributed by atoms with E-state index in [1.165, 1.54) is 5.56 Å². The summed E-state index contributed by atoms with van der Waals surface area (Å²) in [7, 11) is 0. The molecule has 0 aromatic heterocycles. The van der Waals surface area contributed by atoms with Crippen LogP contribution in [0.5, 0.6) is 5.75 Å². The van der Waals surface area contributed by atoms with E-state index in [9.17, 15) is 0 Å². The van der Waals surface area contributed by atoms with E-state index in [4.69, 9.17) is 10.00 Å². The standard InChI is InChI=1S/C17H17BrN2O/c1-13(15-7-3-4-8-16(15)18)20-12-14-6-2-5-9-17(14)21-11-10-19/h2-9,13,20H,11-12H2,1H3/t13-/m0/s1. The fourth-order valence-corrected chi connectivity index (χ4v) is 2.73. The van der Waals surface area contributed by atoms with E-state index >= 15 is 0 Å². The molecule has 0 amide bonds. The molecule has 0 heterocycles. The summed E-state index contributed by atoms with van der Waals surface area (Å²) in [5.41, 5.74) is 2.26. The molecule has 0 spiro atoms. The van der Waals surface area contributed by atoms with Gasteiger partial charge in [0.2, 0.25) is 0 Å². The molecular weight excluding hydrogens is 328 g/mol. The first-order valence-corrected chi connectivity index (χ1v) is 7.57. The minimum Gasteiger partial charge on any atom is -0.478 e. The van der Waals surface area contributed by atoms with Crippen LogP contribution in [-0.4, -0.2) is 6.61 Å². The second kappa shape index (κ2) is 7.82. The molecule has 21 heavy (non-hydrogen) atoms. The van der Waals surface area contributed by atoms with E-state index < -0.39 is 0 Å². The van der Waals surface area contributed by atoms with Gasteiger partial charge in [-0.2, -0.15) is 5.26 Å². The Morgan fingerprint density at radius 2 is 1.90 bits per heavy atom. The van der Waals surface area contributed by atoms with Gasteiger partial charge in [-0.3, -0.25) is 0 Å². The van der Waals surface area contributed by atoms with E-state index in [0.717, 1.165) is 15.8 Å². The zero-order chi connectivity index (χ0) is 15.1. The molecule has 1 atom stereocenters. The number of ether oxygens (including phenoxy) is 1. The van der Waals surface area contributed by atoms with Crippen molar-refractivity contribution in [3.63, 3.8) is 0 Å². The van der Waals surface area contributed by atoms with Gasteiger partial charge >= 0.3 is 0 Å². The number of nitrogens with zero attached hydrogens (tertiary/aromatic N) is 1. The second-order valence-corrected chi connectivity index (χ2v) is 5.53. The molecule has 3 nitrogen and oxygen atoms in total. The molecule has 0 aliphatic rings. The lowest BCUT2D eigenvalue weighted by atomic mass is 10.1. The maximum absolute atomic E-state index is 8.62. The topological polar surface area (TPSA) is 45.0 Å². The fraction of sp³-hybridized carbons (Fsp3) is 0.235. The number of hydrogen-bond donors (Lipinski definition) is 1. The summed E-state index contributed by atoms with van der Waals surface area (Å²) in [6.07, 6.45) is 0. The Labute approximate surface area is 133 Å². The van der Waals surface area contributed by atoms with Crippen molar-refractivity contribution in [1.82, 2.24) is 5.32 Å². The van der Waals surface area contributed by atoms with Crippen molar-refractivity contribution in [3.05, 3.63) is 64.1 Å². The average molecular weight is 345 g/mol. The zero-order valence-corrected chi connectivity index (χ0v) is 13.4. The normalized spacial score (nSPS) is 11.7. The fourth-order valence-electron chi connectivity index (χ4n) is 2.10. The Kier molecular flexibility index (Phi) is 5.79. The number of halogens is 1. The van der Waals surface area contributed by atoms with E-state index in [2.05, 4.69) is 34.2 Å². The van der Waals surface area contributed by atoms with Gasteiger partial charge in [-0.25, -0.2) is 0 Å². The van der Waals surface area contributed by atoms with E-state index in [-0.39, 0.29) is 12.6 Å². The average Bonchev–Trinajstić information content (AvgIpc) is 2.52. The summed E-state index contributed by atoms with van der Waals surface area (Å²) < 4.78 is 6.53. The molecule has 0 aliphatic carbocycles. The summed E-state index contributed by atoms with van der Waals surface area (Å²) in [6, 6.07) is 18.2. The Balaban J connectivity index is 2.03. The van der Waals surface area contributed by atoms with Crippen LogP contribution in [-0.2, 0) is 6.54 Å². The van der Waals surface area contributed by atoms with Gasteiger partial charge in [0.1, 0.15) is 11.8 Å². The van der Waals surface area contributed by atoms with Gasteiger partial charge < -0.3 is 10.1 Å². The van der Waals surface area contributed by atoms with Crippen LogP contribution in [0.4, 0.5) is 0 Å². The second-order valence-electron chi connectivity index (χ2n) is 4.68. The van der Waals surface area contributed by atoms with Crippen LogP contribution in [0.2, 0.25) is 0 Å². The molecule has 0 saturated carbocycles.